The van der Waals surface area contributed by atoms with E-state index in [1.807, 2.05) is 0 Å². The molecular weight excluding hydrogens is 150 g/mol. The van der Waals surface area contributed by atoms with Crippen LogP contribution in [0.2, 0.25) is 0 Å². The van der Waals surface area contributed by atoms with Crippen molar-refractivity contribution >= 4 is 12.0 Å². The van der Waals surface area contributed by atoms with Crippen molar-refractivity contribution in [2.24, 2.45) is 0 Å². The summed E-state index contributed by atoms with van der Waals surface area (Å²) in [6.07, 6.45) is 4.12. The predicted molar refractivity (Wildman–Crippen MR) is 37.0 cm³/mol. The topological polar surface area (TPSA) is 47.9 Å². The van der Waals surface area contributed by atoms with Crippen LogP contribution in [0, 0.1) is 0 Å². The lowest BCUT2D eigenvalue weighted by Crippen LogP contribution is -1.84. The molecule has 0 N–H and O–H groups in total. The molecule has 0 atom stereocenters. The van der Waals surface area contributed by atoms with Crippen molar-refractivity contribution < 1.29 is 4.18 Å². The van der Waals surface area contributed by atoms with E-state index >= 15 is 0 Å². The third-order valence-corrected chi connectivity index (χ3v) is 1.25. The van der Waals surface area contributed by atoms with Crippen LogP contribution in [0.15, 0.2) is 30.7 Å². The summed E-state index contributed by atoms with van der Waals surface area (Å²) in [5, 5.41) is 0.523. The lowest BCUT2D eigenvalue weighted by atomic mass is 11.1. The average Bonchev–Trinajstić information content (AvgIpc) is 2.03. The molecule has 5 heteroatoms. The van der Waals surface area contributed by atoms with Gasteiger partial charge in [-0.15, -0.1) is 0 Å². The van der Waals surface area contributed by atoms with Gasteiger partial charge in [-0.2, -0.15) is 0 Å². The second-order valence-corrected chi connectivity index (χ2v) is 1.99. The van der Waals surface area contributed by atoms with Gasteiger partial charge >= 0.3 is 0 Å². The summed E-state index contributed by atoms with van der Waals surface area (Å²) in [4.78, 5) is 11.2. The van der Waals surface area contributed by atoms with Gasteiger partial charge in [0.05, 0.1) is 6.26 Å². The maximum Gasteiger partial charge on any atom is 0.230 e. The summed E-state index contributed by atoms with van der Waals surface area (Å²) in [7, 11) is 0. The molecule has 0 radical (unpaired) electrons. The van der Waals surface area contributed by atoms with Crippen molar-refractivity contribution in [1.82, 2.24) is 15.0 Å². The number of hydrogen-bond donors (Lipinski definition) is 0. The average molecular weight is 155 g/mol. The van der Waals surface area contributed by atoms with E-state index in [2.05, 4.69) is 21.5 Å². The Kier molecular flexibility index (Phi) is 2.69. The zero-order valence-corrected chi connectivity index (χ0v) is 5.91. The Morgan fingerprint density at radius 3 is 2.80 bits per heavy atom. The van der Waals surface area contributed by atoms with E-state index in [9.17, 15) is 0 Å². The van der Waals surface area contributed by atoms with E-state index in [0.717, 1.165) is 12.0 Å². The number of nitrogens with zero attached hydrogens (tertiary/aromatic N) is 3. The molecule has 1 rings (SSSR count). The van der Waals surface area contributed by atoms with Gasteiger partial charge < -0.3 is 4.18 Å². The number of hydrogen-bond acceptors (Lipinski definition) is 5. The first kappa shape index (κ1) is 7.01. The van der Waals surface area contributed by atoms with Crippen molar-refractivity contribution in [2.45, 2.75) is 5.16 Å². The van der Waals surface area contributed by atoms with Crippen molar-refractivity contribution in [3.05, 3.63) is 25.5 Å². The molecule has 0 aromatic carbocycles. The lowest BCUT2D eigenvalue weighted by molar-refractivity contribution is 0.562. The van der Waals surface area contributed by atoms with Gasteiger partial charge in [-0.3, -0.25) is 0 Å². The summed E-state index contributed by atoms with van der Waals surface area (Å²) >= 11 is 1.04. The maximum absolute atomic E-state index is 4.75. The van der Waals surface area contributed by atoms with Crippen molar-refractivity contribution in [1.29, 1.82) is 0 Å². The molecule has 52 valence electrons. The zero-order chi connectivity index (χ0) is 7.23. The monoisotopic (exact) mass is 155 g/mol. The standard InChI is InChI=1S/C5H5N3OS/c1-2-9-10-5-7-3-6-4-8-5/h2-4H,1H2. The molecule has 0 saturated heterocycles. The normalized spacial score (nSPS) is 8.80. The quantitative estimate of drug-likeness (QED) is 0.482. The van der Waals surface area contributed by atoms with Crippen molar-refractivity contribution in [3.63, 3.8) is 0 Å². The third kappa shape index (κ3) is 2.02. The lowest BCUT2D eigenvalue weighted by Gasteiger charge is -1.92. The van der Waals surface area contributed by atoms with Gasteiger partial charge in [-0.1, -0.05) is 6.58 Å². The Hall–Kier alpha value is -1.10. The van der Waals surface area contributed by atoms with Crippen molar-refractivity contribution in [2.75, 3.05) is 0 Å². The highest BCUT2D eigenvalue weighted by molar-refractivity contribution is 7.94. The Labute approximate surface area is 62.6 Å². The van der Waals surface area contributed by atoms with Gasteiger partial charge in [0.15, 0.2) is 0 Å². The highest BCUT2D eigenvalue weighted by atomic mass is 32.2. The summed E-state index contributed by atoms with van der Waals surface area (Å²) in [5.41, 5.74) is 0. The Morgan fingerprint density at radius 1 is 1.50 bits per heavy atom. The van der Waals surface area contributed by atoms with E-state index in [4.69, 9.17) is 4.18 Å². The van der Waals surface area contributed by atoms with Crippen molar-refractivity contribution in [3.8, 4) is 0 Å². The highest BCUT2D eigenvalue weighted by Crippen LogP contribution is 2.10. The first-order chi connectivity index (χ1) is 4.93. The molecule has 1 aromatic heterocycles. The molecule has 4 nitrogen and oxygen atoms in total. The maximum atomic E-state index is 4.75. The zero-order valence-electron chi connectivity index (χ0n) is 5.10. The van der Waals surface area contributed by atoms with E-state index in [1.54, 1.807) is 0 Å². The predicted octanol–water partition coefficient (Wildman–Crippen LogP) is 1.04. The van der Waals surface area contributed by atoms with Crippen LogP contribution in [0.1, 0.15) is 0 Å². The first-order valence-corrected chi connectivity index (χ1v) is 3.24. The van der Waals surface area contributed by atoms with Crippen LogP contribution in [0.5, 0.6) is 0 Å². The van der Waals surface area contributed by atoms with Crippen LogP contribution in [0.3, 0.4) is 0 Å². The third-order valence-electron chi connectivity index (χ3n) is 0.660. The fraction of sp³-hybridized carbons (Fsp3) is 0. The fourth-order valence-electron chi connectivity index (χ4n) is 0.349. The first-order valence-electron chi connectivity index (χ1n) is 2.49. The molecule has 0 aliphatic rings. The van der Waals surface area contributed by atoms with Gasteiger partial charge in [0, 0.05) is 0 Å². The molecule has 0 aliphatic carbocycles. The molecule has 0 spiro atoms. The van der Waals surface area contributed by atoms with E-state index in [1.165, 1.54) is 18.9 Å². The van der Waals surface area contributed by atoms with Gasteiger partial charge in [0.2, 0.25) is 5.16 Å². The highest BCUT2D eigenvalue weighted by Gasteiger charge is 1.92. The van der Waals surface area contributed by atoms with Crippen LogP contribution in [0.4, 0.5) is 0 Å². The summed E-state index contributed by atoms with van der Waals surface area (Å²) in [5.74, 6) is 0. The van der Waals surface area contributed by atoms with Crippen LogP contribution in [-0.4, -0.2) is 15.0 Å². The number of rotatable bonds is 3. The molecule has 0 fully saturated rings. The Bertz CT molecular complexity index is 203. The van der Waals surface area contributed by atoms with Gasteiger partial charge in [0.25, 0.3) is 0 Å². The molecule has 0 aliphatic heterocycles. The fourth-order valence-corrected chi connectivity index (χ4v) is 0.683. The molecule has 0 bridgehead atoms. The SMILES string of the molecule is C=COSc1ncncn1. The second-order valence-electron chi connectivity index (χ2n) is 1.27. The summed E-state index contributed by atoms with van der Waals surface area (Å²) in [6, 6.07) is 0. The molecule has 0 amide bonds. The van der Waals surface area contributed by atoms with Gasteiger partial charge in [-0.05, 0) is 0 Å². The summed E-state index contributed by atoms with van der Waals surface area (Å²) < 4.78 is 4.75. The van der Waals surface area contributed by atoms with Crippen LogP contribution in [-0.2, 0) is 4.18 Å². The second kappa shape index (κ2) is 3.84. The molecule has 0 saturated carbocycles. The minimum absolute atomic E-state index is 0.523. The van der Waals surface area contributed by atoms with E-state index < -0.39 is 0 Å². The van der Waals surface area contributed by atoms with Crippen LogP contribution >= 0.6 is 12.0 Å². The molecule has 10 heavy (non-hydrogen) atoms. The van der Waals surface area contributed by atoms with Gasteiger partial charge in [-0.25, -0.2) is 15.0 Å². The minimum Gasteiger partial charge on any atom is -0.426 e. The smallest absolute Gasteiger partial charge is 0.230 e. The molecule has 1 aromatic rings. The molecule has 0 unspecified atom stereocenters. The van der Waals surface area contributed by atoms with E-state index in [0.29, 0.717) is 5.16 Å². The largest absolute Gasteiger partial charge is 0.426 e. The van der Waals surface area contributed by atoms with Crippen LogP contribution in [0.25, 0.3) is 0 Å². The Morgan fingerprint density at radius 2 is 2.20 bits per heavy atom. The minimum atomic E-state index is 0.523. The molecule has 1 heterocycles. The Balaban J connectivity index is 2.50. The van der Waals surface area contributed by atoms with Gasteiger partial charge in [0.1, 0.15) is 24.7 Å². The summed E-state index contributed by atoms with van der Waals surface area (Å²) in [6.45, 7) is 3.36. The van der Waals surface area contributed by atoms with E-state index in [-0.39, 0.29) is 0 Å². The molecular formula is C5H5N3OS. The number of aromatic nitrogens is 3. The van der Waals surface area contributed by atoms with Crippen LogP contribution < -0.4 is 0 Å².